The first-order valence-corrected chi connectivity index (χ1v) is 12.6. The van der Waals surface area contributed by atoms with E-state index in [-0.39, 0.29) is 11.7 Å². The van der Waals surface area contributed by atoms with Crippen molar-refractivity contribution in [1.82, 2.24) is 15.2 Å². The Labute approximate surface area is 195 Å². The first-order chi connectivity index (χ1) is 15.6. The Morgan fingerprint density at radius 1 is 1.19 bits per heavy atom. The smallest absolute Gasteiger partial charge is 0.230 e. The van der Waals surface area contributed by atoms with E-state index in [1.165, 1.54) is 23.9 Å². The number of rotatable bonds is 9. The molecule has 6 nitrogen and oxygen atoms in total. The third kappa shape index (κ3) is 6.11. The highest BCUT2D eigenvalue weighted by atomic mass is 32.2. The maximum atomic E-state index is 12.9. The second-order valence-corrected chi connectivity index (χ2v) is 9.54. The molecule has 0 bridgehead atoms. The van der Waals surface area contributed by atoms with Crippen LogP contribution in [0.4, 0.5) is 9.52 Å². The normalized spacial score (nSPS) is 14.6. The quantitative estimate of drug-likeness (QED) is 0.475. The SMILES string of the molecule is CCOc1ccc2nc(N3CCN(CCNC(=O)CSc4ccc(F)cc4)CC3)sc2c1. The number of thioether (sulfide) groups is 1. The van der Waals surface area contributed by atoms with Gasteiger partial charge in [-0.25, -0.2) is 9.37 Å². The van der Waals surface area contributed by atoms with Crippen LogP contribution in [-0.2, 0) is 4.79 Å². The van der Waals surface area contributed by atoms with Gasteiger partial charge in [0.05, 0.1) is 22.6 Å². The van der Waals surface area contributed by atoms with Crippen molar-refractivity contribution in [3.63, 3.8) is 0 Å². The summed E-state index contributed by atoms with van der Waals surface area (Å²) < 4.78 is 19.7. The van der Waals surface area contributed by atoms with Crippen LogP contribution >= 0.6 is 23.1 Å². The van der Waals surface area contributed by atoms with E-state index in [0.29, 0.717) is 18.9 Å². The van der Waals surface area contributed by atoms with Crippen LogP contribution in [0.25, 0.3) is 10.2 Å². The van der Waals surface area contributed by atoms with Crippen molar-refractivity contribution in [1.29, 1.82) is 0 Å². The molecule has 0 unspecified atom stereocenters. The second-order valence-electron chi connectivity index (χ2n) is 7.48. The zero-order chi connectivity index (χ0) is 22.3. The minimum Gasteiger partial charge on any atom is -0.494 e. The molecule has 0 saturated carbocycles. The van der Waals surface area contributed by atoms with Gasteiger partial charge < -0.3 is 15.0 Å². The van der Waals surface area contributed by atoms with Gasteiger partial charge in [-0.05, 0) is 49.4 Å². The third-order valence-electron chi connectivity index (χ3n) is 5.24. The number of nitrogens with one attached hydrogen (secondary N) is 1. The van der Waals surface area contributed by atoms with Gasteiger partial charge in [0.15, 0.2) is 5.13 Å². The lowest BCUT2D eigenvalue weighted by molar-refractivity contribution is -0.118. The number of anilines is 1. The molecule has 1 saturated heterocycles. The van der Waals surface area contributed by atoms with Gasteiger partial charge in [-0.3, -0.25) is 9.69 Å². The van der Waals surface area contributed by atoms with Gasteiger partial charge >= 0.3 is 0 Å². The summed E-state index contributed by atoms with van der Waals surface area (Å²) >= 11 is 3.12. The maximum absolute atomic E-state index is 12.9. The van der Waals surface area contributed by atoms with Gasteiger partial charge in [0.25, 0.3) is 0 Å². The lowest BCUT2D eigenvalue weighted by Crippen LogP contribution is -2.48. The number of piperazine rings is 1. The molecule has 1 aromatic heterocycles. The van der Waals surface area contributed by atoms with Gasteiger partial charge in [0.1, 0.15) is 11.6 Å². The predicted molar refractivity (Wildman–Crippen MR) is 130 cm³/mol. The number of halogens is 1. The van der Waals surface area contributed by atoms with E-state index in [4.69, 9.17) is 9.72 Å². The van der Waals surface area contributed by atoms with E-state index in [9.17, 15) is 9.18 Å². The highest BCUT2D eigenvalue weighted by Gasteiger charge is 2.20. The molecule has 2 aromatic carbocycles. The largest absolute Gasteiger partial charge is 0.494 e. The van der Waals surface area contributed by atoms with Crippen LogP contribution in [0.1, 0.15) is 6.92 Å². The molecule has 0 aliphatic carbocycles. The van der Waals surface area contributed by atoms with Crippen molar-refractivity contribution in [2.75, 3.05) is 56.5 Å². The number of hydrogen-bond donors (Lipinski definition) is 1. The summed E-state index contributed by atoms with van der Waals surface area (Å²) in [5.41, 5.74) is 1.01. The highest BCUT2D eigenvalue weighted by Crippen LogP contribution is 2.32. The standard InChI is InChI=1S/C23H27FN4O2S2/c1-2-30-18-5-8-20-21(15-18)32-23(26-20)28-13-11-27(12-14-28)10-9-25-22(29)16-31-19-6-3-17(24)4-7-19/h3-8,15H,2,9-14,16H2,1H3,(H,25,29). The Morgan fingerprint density at radius 2 is 1.97 bits per heavy atom. The molecule has 0 radical (unpaired) electrons. The van der Waals surface area contributed by atoms with Gasteiger partial charge in [-0.1, -0.05) is 11.3 Å². The summed E-state index contributed by atoms with van der Waals surface area (Å²) in [4.78, 5) is 22.4. The van der Waals surface area contributed by atoms with Crippen LogP contribution in [0.5, 0.6) is 5.75 Å². The number of amides is 1. The number of nitrogens with zero attached hydrogens (tertiary/aromatic N) is 3. The zero-order valence-corrected chi connectivity index (χ0v) is 19.7. The van der Waals surface area contributed by atoms with E-state index in [1.54, 1.807) is 23.5 Å². The first-order valence-electron chi connectivity index (χ1n) is 10.8. The van der Waals surface area contributed by atoms with Crippen molar-refractivity contribution in [2.24, 2.45) is 0 Å². The predicted octanol–water partition coefficient (Wildman–Crippen LogP) is 3.86. The monoisotopic (exact) mass is 474 g/mol. The third-order valence-corrected chi connectivity index (χ3v) is 7.33. The van der Waals surface area contributed by atoms with Gasteiger partial charge in [-0.2, -0.15) is 0 Å². The molecule has 1 amide bonds. The van der Waals surface area contributed by atoms with Crippen LogP contribution < -0.4 is 15.0 Å². The summed E-state index contributed by atoms with van der Waals surface area (Å²) in [5, 5.41) is 4.03. The summed E-state index contributed by atoms with van der Waals surface area (Å²) in [6.45, 7) is 7.84. The number of hydrogen-bond acceptors (Lipinski definition) is 7. The molecule has 2 heterocycles. The number of carbonyl (C=O) groups is 1. The number of benzene rings is 2. The van der Waals surface area contributed by atoms with Crippen LogP contribution in [0.2, 0.25) is 0 Å². The molecule has 4 rings (SSSR count). The molecule has 1 aliphatic heterocycles. The van der Waals surface area contributed by atoms with Crippen LogP contribution in [0, 0.1) is 5.82 Å². The van der Waals surface area contributed by atoms with Crippen molar-refractivity contribution in [3.8, 4) is 5.75 Å². The van der Waals surface area contributed by atoms with Crippen LogP contribution in [0.15, 0.2) is 47.4 Å². The Kier molecular flexibility index (Phi) is 7.83. The first kappa shape index (κ1) is 22.8. The van der Waals surface area contributed by atoms with Crippen LogP contribution in [-0.4, -0.2) is 67.4 Å². The molecule has 0 spiro atoms. The summed E-state index contributed by atoms with van der Waals surface area (Å²) in [7, 11) is 0. The molecule has 32 heavy (non-hydrogen) atoms. The fraction of sp³-hybridized carbons (Fsp3) is 0.391. The van der Waals surface area contributed by atoms with Crippen molar-refractivity contribution in [3.05, 3.63) is 48.3 Å². The molecule has 0 atom stereocenters. The number of ether oxygens (including phenoxy) is 1. The van der Waals surface area contributed by atoms with Gasteiger partial charge in [0.2, 0.25) is 5.91 Å². The molecular weight excluding hydrogens is 447 g/mol. The maximum Gasteiger partial charge on any atom is 0.230 e. The average Bonchev–Trinajstić information content (AvgIpc) is 3.23. The Morgan fingerprint density at radius 3 is 2.72 bits per heavy atom. The van der Waals surface area contributed by atoms with E-state index in [1.807, 2.05) is 19.1 Å². The molecule has 1 fully saturated rings. The molecule has 3 aromatic rings. The molecule has 170 valence electrons. The van der Waals surface area contributed by atoms with Gasteiger partial charge in [0, 0.05) is 44.2 Å². The highest BCUT2D eigenvalue weighted by molar-refractivity contribution is 8.00. The van der Waals surface area contributed by atoms with Gasteiger partial charge in [-0.15, -0.1) is 11.8 Å². The van der Waals surface area contributed by atoms with E-state index < -0.39 is 0 Å². The van der Waals surface area contributed by atoms with Crippen LogP contribution in [0.3, 0.4) is 0 Å². The number of thiazole rings is 1. The van der Waals surface area contributed by atoms with E-state index in [2.05, 4.69) is 21.2 Å². The Hall–Kier alpha value is -2.36. The van der Waals surface area contributed by atoms with Crippen molar-refractivity contribution >= 4 is 44.4 Å². The Bertz CT molecular complexity index is 1040. The molecule has 1 aliphatic rings. The van der Waals surface area contributed by atoms with Crippen molar-refractivity contribution in [2.45, 2.75) is 11.8 Å². The number of fused-ring (bicyclic) bond motifs is 1. The van der Waals surface area contributed by atoms with Crippen molar-refractivity contribution < 1.29 is 13.9 Å². The lowest BCUT2D eigenvalue weighted by Gasteiger charge is -2.34. The number of aromatic nitrogens is 1. The Balaban J connectivity index is 1.17. The fourth-order valence-corrected chi connectivity index (χ4v) is 5.31. The minimum absolute atomic E-state index is 0.00106. The summed E-state index contributed by atoms with van der Waals surface area (Å²) in [6.07, 6.45) is 0. The second kappa shape index (κ2) is 11.0. The lowest BCUT2D eigenvalue weighted by atomic mass is 10.3. The fourth-order valence-electron chi connectivity index (χ4n) is 3.53. The number of carbonyl (C=O) groups excluding carboxylic acids is 1. The zero-order valence-electron chi connectivity index (χ0n) is 18.1. The van der Waals surface area contributed by atoms with E-state index in [0.717, 1.165) is 58.7 Å². The molecule has 1 N–H and O–H groups in total. The topological polar surface area (TPSA) is 57.7 Å². The summed E-state index contributed by atoms with van der Waals surface area (Å²) in [5.74, 6) is 0.955. The molecular formula is C23H27FN4O2S2. The summed E-state index contributed by atoms with van der Waals surface area (Å²) in [6, 6.07) is 12.3. The molecule has 9 heteroatoms. The van der Waals surface area contributed by atoms with E-state index >= 15 is 0 Å². The average molecular weight is 475 g/mol. The minimum atomic E-state index is -0.266.